The highest BCUT2D eigenvalue weighted by Crippen LogP contribution is 2.18. The van der Waals surface area contributed by atoms with Gasteiger partial charge in [0.2, 0.25) is 5.91 Å². The van der Waals surface area contributed by atoms with Crippen LogP contribution in [0.5, 0.6) is 5.75 Å². The number of ether oxygens (including phenoxy) is 1. The summed E-state index contributed by atoms with van der Waals surface area (Å²) in [5.41, 5.74) is 2.10. The van der Waals surface area contributed by atoms with Crippen molar-refractivity contribution in [3.05, 3.63) is 36.4 Å². The zero-order valence-corrected chi connectivity index (χ0v) is 22.7. The summed E-state index contributed by atoms with van der Waals surface area (Å²) in [7, 11) is 0. The maximum atomic E-state index is 11.7. The molecule has 186 valence electrons. The van der Waals surface area contributed by atoms with Gasteiger partial charge in [0.25, 0.3) is 0 Å². The number of nitrogens with one attached hydrogen (secondary N) is 1. The van der Waals surface area contributed by atoms with Crippen LogP contribution in [0.2, 0.25) is 0 Å². The molecule has 0 radical (unpaired) electrons. The molecule has 1 N–H and O–H groups in total. The molecule has 32 heavy (non-hydrogen) atoms. The van der Waals surface area contributed by atoms with Gasteiger partial charge in [-0.15, -0.1) is 0 Å². The normalized spacial score (nSPS) is 11.9. The van der Waals surface area contributed by atoms with Crippen molar-refractivity contribution in [1.82, 2.24) is 5.32 Å². The van der Waals surface area contributed by atoms with Crippen LogP contribution < -0.4 is 10.1 Å². The van der Waals surface area contributed by atoms with Crippen molar-refractivity contribution in [2.24, 2.45) is 11.8 Å². The van der Waals surface area contributed by atoms with Crippen LogP contribution in [0.15, 0.2) is 30.8 Å². The van der Waals surface area contributed by atoms with E-state index in [0.717, 1.165) is 29.2 Å². The smallest absolute Gasteiger partial charge is 0.225 e. The van der Waals surface area contributed by atoms with Crippen molar-refractivity contribution in [2.45, 2.75) is 120 Å². The third kappa shape index (κ3) is 17.9. The first-order valence-electron chi connectivity index (χ1n) is 12.9. The highest BCUT2D eigenvalue weighted by molar-refractivity contribution is 5.78. The fourth-order valence-electron chi connectivity index (χ4n) is 2.91. The summed E-state index contributed by atoms with van der Waals surface area (Å²) >= 11 is 0. The van der Waals surface area contributed by atoms with Crippen molar-refractivity contribution in [3.8, 4) is 5.75 Å². The second-order valence-corrected chi connectivity index (χ2v) is 8.83. The van der Waals surface area contributed by atoms with Gasteiger partial charge in [0.15, 0.2) is 6.23 Å². The Bertz CT molecular complexity index is 577. The van der Waals surface area contributed by atoms with E-state index < -0.39 is 0 Å². The minimum absolute atomic E-state index is 0.0110. The van der Waals surface area contributed by atoms with Crippen LogP contribution in [0.25, 0.3) is 5.57 Å². The van der Waals surface area contributed by atoms with Gasteiger partial charge in [0.05, 0.1) is 0 Å². The first-order chi connectivity index (χ1) is 15.2. The molecular weight excluding hydrogens is 394 g/mol. The Balaban J connectivity index is 0. The van der Waals surface area contributed by atoms with Crippen LogP contribution in [0.4, 0.5) is 0 Å². The van der Waals surface area contributed by atoms with Crippen molar-refractivity contribution in [2.75, 3.05) is 0 Å². The summed E-state index contributed by atoms with van der Waals surface area (Å²) < 4.78 is 5.65. The molecule has 0 saturated heterocycles. The molecule has 1 amide bonds. The van der Waals surface area contributed by atoms with Gasteiger partial charge in [0, 0.05) is 5.92 Å². The third-order valence-electron chi connectivity index (χ3n) is 5.20. The molecule has 0 aliphatic heterocycles. The lowest BCUT2D eigenvalue weighted by molar-refractivity contribution is -0.126. The highest BCUT2D eigenvalue weighted by Gasteiger charge is 2.13. The second-order valence-electron chi connectivity index (χ2n) is 8.83. The zero-order chi connectivity index (χ0) is 24.9. The maximum absolute atomic E-state index is 11.7. The Morgan fingerprint density at radius 1 is 0.938 bits per heavy atom. The quantitative estimate of drug-likeness (QED) is 0.242. The van der Waals surface area contributed by atoms with Crippen LogP contribution in [-0.4, -0.2) is 12.1 Å². The summed E-state index contributed by atoms with van der Waals surface area (Å²) in [4.78, 5) is 11.7. The van der Waals surface area contributed by atoms with Crippen molar-refractivity contribution in [3.63, 3.8) is 0 Å². The Kier molecular flexibility index (Phi) is 21.4. The molecule has 0 saturated carbocycles. The molecule has 3 heteroatoms. The Hall–Kier alpha value is -1.77. The highest BCUT2D eigenvalue weighted by atomic mass is 16.5. The lowest BCUT2D eigenvalue weighted by Gasteiger charge is -2.18. The monoisotopic (exact) mass is 447 g/mol. The molecule has 0 heterocycles. The van der Waals surface area contributed by atoms with Gasteiger partial charge in [-0.2, -0.15) is 0 Å². The molecule has 0 aliphatic carbocycles. The Morgan fingerprint density at radius 3 is 1.94 bits per heavy atom. The van der Waals surface area contributed by atoms with Gasteiger partial charge >= 0.3 is 0 Å². The van der Waals surface area contributed by atoms with E-state index in [1.807, 2.05) is 65.8 Å². The summed E-state index contributed by atoms with van der Waals surface area (Å²) in [5, 5.41) is 2.84. The van der Waals surface area contributed by atoms with E-state index in [1.54, 1.807) is 0 Å². The topological polar surface area (TPSA) is 38.3 Å². The largest absolute Gasteiger partial charge is 0.471 e. The van der Waals surface area contributed by atoms with E-state index in [0.29, 0.717) is 0 Å². The van der Waals surface area contributed by atoms with Crippen LogP contribution in [-0.2, 0) is 4.79 Å². The third-order valence-corrected chi connectivity index (χ3v) is 5.20. The number of hydrogen-bond acceptors (Lipinski definition) is 2. The number of carbonyl (C=O) groups excluding carboxylic acids is 1. The molecule has 0 bridgehead atoms. The van der Waals surface area contributed by atoms with E-state index in [-0.39, 0.29) is 18.1 Å². The molecule has 1 aromatic rings. The first kappa shape index (κ1) is 32.4. The lowest BCUT2D eigenvalue weighted by atomic mass is 10.0. The lowest BCUT2D eigenvalue weighted by Crippen LogP contribution is -2.39. The van der Waals surface area contributed by atoms with Crippen LogP contribution in [0, 0.1) is 11.8 Å². The predicted molar refractivity (Wildman–Crippen MR) is 143 cm³/mol. The molecule has 0 aromatic heterocycles. The minimum Gasteiger partial charge on any atom is -0.471 e. The predicted octanol–water partition coefficient (Wildman–Crippen LogP) is 9.03. The van der Waals surface area contributed by atoms with Gasteiger partial charge in [-0.1, -0.05) is 118 Å². The number of carbonyl (C=O) groups is 1. The SMILES string of the molecule is C=C(C)c1ccc(OC(C)NC(=O)C(C)CC)cc1.CC.CCCCCCCCC(C)C. The molecular formula is C29H53NO2. The molecule has 2 atom stereocenters. The fourth-order valence-corrected chi connectivity index (χ4v) is 2.91. The molecule has 0 aliphatic rings. The zero-order valence-electron chi connectivity index (χ0n) is 22.7. The number of hydrogen-bond donors (Lipinski definition) is 1. The molecule has 0 fully saturated rings. The number of allylic oxidation sites excluding steroid dienone is 1. The Labute approximate surface area is 200 Å². The van der Waals surface area contributed by atoms with Crippen LogP contribution in [0.1, 0.15) is 119 Å². The second kappa shape index (κ2) is 21.1. The maximum Gasteiger partial charge on any atom is 0.225 e. The standard InChI is InChI=1S/C16H23NO2.C11H24.C2H6/c1-6-12(4)16(18)17-13(5)19-15-9-7-14(8-10-15)11(2)3;1-4-5-6-7-8-9-10-11(2)3;1-2/h7-10,12-13H,2,6H2,1,3-5H3,(H,17,18);11H,4-10H2,1-3H3;1-2H3. The summed E-state index contributed by atoms with van der Waals surface area (Å²) in [6, 6.07) is 7.69. The minimum atomic E-state index is -0.336. The van der Waals surface area contributed by atoms with Gasteiger partial charge in [0.1, 0.15) is 5.75 Å². The molecule has 1 aromatic carbocycles. The number of unbranched alkanes of at least 4 members (excludes halogenated alkanes) is 5. The average molecular weight is 448 g/mol. The average Bonchev–Trinajstić information content (AvgIpc) is 2.77. The summed E-state index contributed by atoms with van der Waals surface area (Å²) in [5.74, 6) is 1.67. The van der Waals surface area contributed by atoms with E-state index in [9.17, 15) is 4.79 Å². The number of amides is 1. The van der Waals surface area contributed by atoms with Gasteiger partial charge < -0.3 is 10.1 Å². The molecule has 2 unspecified atom stereocenters. The number of benzene rings is 1. The molecule has 3 nitrogen and oxygen atoms in total. The van der Waals surface area contributed by atoms with Crippen LogP contribution >= 0.6 is 0 Å². The van der Waals surface area contributed by atoms with Gasteiger partial charge in [-0.3, -0.25) is 4.79 Å². The fraction of sp³-hybridized carbons (Fsp3) is 0.690. The van der Waals surface area contributed by atoms with Gasteiger partial charge in [-0.05, 0) is 43.9 Å². The van der Waals surface area contributed by atoms with Crippen molar-refractivity contribution < 1.29 is 9.53 Å². The van der Waals surface area contributed by atoms with E-state index in [4.69, 9.17) is 4.74 Å². The van der Waals surface area contributed by atoms with Gasteiger partial charge in [-0.25, -0.2) is 0 Å². The first-order valence-corrected chi connectivity index (χ1v) is 12.9. The van der Waals surface area contributed by atoms with Crippen molar-refractivity contribution >= 4 is 11.5 Å². The van der Waals surface area contributed by atoms with E-state index in [1.165, 1.54) is 44.9 Å². The van der Waals surface area contributed by atoms with E-state index in [2.05, 4.69) is 32.7 Å². The van der Waals surface area contributed by atoms with Crippen molar-refractivity contribution in [1.29, 1.82) is 0 Å². The molecule has 1 rings (SSSR count). The summed E-state index contributed by atoms with van der Waals surface area (Å²) in [6.45, 7) is 22.5. The molecule has 0 spiro atoms. The summed E-state index contributed by atoms with van der Waals surface area (Å²) in [6.07, 6.45) is 10.5. The number of rotatable bonds is 13. The van der Waals surface area contributed by atoms with E-state index >= 15 is 0 Å². The van der Waals surface area contributed by atoms with Crippen LogP contribution in [0.3, 0.4) is 0 Å². The Morgan fingerprint density at radius 2 is 1.47 bits per heavy atom.